The Morgan fingerprint density at radius 1 is 1.07 bits per heavy atom. The van der Waals surface area contributed by atoms with Crippen molar-refractivity contribution in [3.8, 4) is 17.3 Å². The Morgan fingerprint density at radius 3 is 2.72 bits per heavy atom. The van der Waals surface area contributed by atoms with Crippen LogP contribution in [0, 0.1) is 0 Å². The number of fused-ring (bicyclic) bond motifs is 1. The van der Waals surface area contributed by atoms with Gasteiger partial charge in [-0.3, -0.25) is 4.68 Å². The predicted molar refractivity (Wildman–Crippen MR) is 108 cm³/mol. The maximum absolute atomic E-state index is 6.07. The summed E-state index contributed by atoms with van der Waals surface area (Å²) in [5.41, 5.74) is 2.51. The zero-order valence-corrected chi connectivity index (χ0v) is 16.0. The fraction of sp³-hybridized carbons (Fsp3) is 0.250. The van der Waals surface area contributed by atoms with Crippen molar-refractivity contribution in [2.24, 2.45) is 7.05 Å². The smallest absolute Gasteiger partial charge is 0.256 e. The van der Waals surface area contributed by atoms with E-state index in [1.165, 1.54) is 0 Å². The summed E-state index contributed by atoms with van der Waals surface area (Å²) in [7, 11) is 1.83. The second-order valence-electron chi connectivity index (χ2n) is 6.82. The van der Waals surface area contributed by atoms with Gasteiger partial charge in [0.1, 0.15) is 12.0 Å². The number of aromatic nitrogens is 7. The van der Waals surface area contributed by atoms with Crippen LogP contribution in [0.25, 0.3) is 17.0 Å². The Balaban J connectivity index is 1.57. The summed E-state index contributed by atoms with van der Waals surface area (Å²) in [6.45, 7) is 1.93. The molecule has 5 rings (SSSR count). The van der Waals surface area contributed by atoms with Crippen molar-refractivity contribution in [3.63, 3.8) is 0 Å². The number of benzene rings is 1. The van der Waals surface area contributed by atoms with Gasteiger partial charge in [0.2, 0.25) is 0 Å². The van der Waals surface area contributed by atoms with Crippen LogP contribution >= 0.6 is 0 Å². The molecule has 0 saturated heterocycles. The molecule has 4 heterocycles. The van der Waals surface area contributed by atoms with E-state index in [1.807, 2.05) is 43.4 Å². The minimum atomic E-state index is 0.235. The molecule has 9 nitrogen and oxygen atoms in total. The Bertz CT molecular complexity index is 1160. The van der Waals surface area contributed by atoms with E-state index in [9.17, 15) is 0 Å². The monoisotopic (exact) mass is 388 g/mol. The molecule has 0 radical (unpaired) electrons. The third-order valence-corrected chi connectivity index (χ3v) is 4.76. The molecular formula is C20H20N8O. The third kappa shape index (κ3) is 3.42. The minimum absolute atomic E-state index is 0.235. The molecule has 1 aliphatic rings. The van der Waals surface area contributed by atoms with Crippen LogP contribution in [0.2, 0.25) is 0 Å². The topological polar surface area (TPSA) is 86.3 Å². The van der Waals surface area contributed by atoms with Gasteiger partial charge < -0.3 is 9.64 Å². The maximum Gasteiger partial charge on any atom is 0.256 e. The molecule has 1 aromatic carbocycles. The number of nitrogens with zero attached hydrogens (tertiary/aromatic N) is 8. The highest BCUT2D eigenvalue weighted by Crippen LogP contribution is 2.30. The summed E-state index contributed by atoms with van der Waals surface area (Å²) in [5.74, 6) is 1.79. The molecule has 0 bridgehead atoms. The van der Waals surface area contributed by atoms with Crippen molar-refractivity contribution < 1.29 is 4.74 Å². The number of hydrogen-bond donors (Lipinski definition) is 0. The van der Waals surface area contributed by atoms with Crippen LogP contribution in [-0.4, -0.2) is 47.7 Å². The molecule has 0 atom stereocenters. The second-order valence-corrected chi connectivity index (χ2v) is 6.82. The van der Waals surface area contributed by atoms with Crippen molar-refractivity contribution in [1.82, 2.24) is 34.6 Å². The second kappa shape index (κ2) is 7.34. The highest BCUT2D eigenvalue weighted by molar-refractivity contribution is 5.66. The van der Waals surface area contributed by atoms with Crippen molar-refractivity contribution in [3.05, 3.63) is 60.7 Å². The van der Waals surface area contributed by atoms with Gasteiger partial charge in [0, 0.05) is 31.8 Å². The molecule has 0 N–H and O–H groups in total. The zero-order valence-electron chi connectivity index (χ0n) is 16.0. The van der Waals surface area contributed by atoms with Gasteiger partial charge in [-0.15, -0.1) is 15.3 Å². The molecule has 0 fully saturated rings. The first-order valence-electron chi connectivity index (χ1n) is 9.47. The number of hydrogen-bond acceptors (Lipinski definition) is 7. The molecule has 9 heteroatoms. The van der Waals surface area contributed by atoms with Crippen molar-refractivity contribution in [2.75, 3.05) is 18.0 Å². The maximum atomic E-state index is 6.07. The summed E-state index contributed by atoms with van der Waals surface area (Å²) < 4.78 is 9.44. The quantitative estimate of drug-likeness (QED) is 0.485. The van der Waals surface area contributed by atoms with Gasteiger partial charge in [0.25, 0.3) is 5.88 Å². The van der Waals surface area contributed by atoms with Crippen molar-refractivity contribution >= 4 is 11.3 Å². The lowest BCUT2D eigenvalue weighted by Crippen LogP contribution is -2.27. The SMILES string of the molecule is Cn1cnc(COc2nn3c(-c4ccccc4)nnc3cc2N2CC=CCC2)n1. The first-order chi connectivity index (χ1) is 14.3. The number of rotatable bonds is 5. The van der Waals surface area contributed by atoms with E-state index in [2.05, 4.69) is 37.3 Å². The number of aryl methyl sites for hydroxylation is 1. The lowest BCUT2D eigenvalue weighted by molar-refractivity contribution is 0.280. The Kier molecular flexibility index (Phi) is 4.39. The number of anilines is 1. The predicted octanol–water partition coefficient (Wildman–Crippen LogP) is 2.27. The van der Waals surface area contributed by atoms with Crippen LogP contribution < -0.4 is 9.64 Å². The van der Waals surface area contributed by atoms with Gasteiger partial charge in [-0.2, -0.15) is 9.61 Å². The Morgan fingerprint density at radius 2 is 1.97 bits per heavy atom. The normalized spacial score (nSPS) is 13.9. The first-order valence-corrected chi connectivity index (χ1v) is 9.47. The molecule has 146 valence electrons. The van der Waals surface area contributed by atoms with Gasteiger partial charge in [-0.05, 0) is 6.42 Å². The van der Waals surface area contributed by atoms with Gasteiger partial charge in [0.15, 0.2) is 23.9 Å². The van der Waals surface area contributed by atoms with E-state index in [1.54, 1.807) is 15.5 Å². The Labute approximate surface area is 167 Å². The summed E-state index contributed by atoms with van der Waals surface area (Å²) in [4.78, 5) is 6.46. The van der Waals surface area contributed by atoms with Crippen LogP contribution in [0.5, 0.6) is 5.88 Å². The highest BCUT2D eigenvalue weighted by atomic mass is 16.5. The van der Waals surface area contributed by atoms with Crippen LogP contribution in [0.4, 0.5) is 5.69 Å². The fourth-order valence-electron chi connectivity index (χ4n) is 3.35. The van der Waals surface area contributed by atoms with Crippen LogP contribution in [0.1, 0.15) is 12.2 Å². The standard InChI is InChI=1S/C20H20N8O/c1-26-14-21-17(24-26)13-29-20-16(27-10-6-3-7-11-27)12-18-22-23-19(28(18)25-20)15-8-4-2-5-9-15/h2-6,8-9,12,14H,7,10-11,13H2,1H3. The molecule has 0 aliphatic carbocycles. The molecular weight excluding hydrogens is 368 g/mol. The van der Waals surface area contributed by atoms with Gasteiger partial charge in [0.05, 0.1) is 0 Å². The van der Waals surface area contributed by atoms with E-state index >= 15 is 0 Å². The van der Waals surface area contributed by atoms with Crippen molar-refractivity contribution in [2.45, 2.75) is 13.0 Å². The molecule has 0 unspecified atom stereocenters. The van der Waals surface area contributed by atoms with Gasteiger partial charge in [-0.1, -0.05) is 42.5 Å². The van der Waals surface area contributed by atoms with E-state index in [-0.39, 0.29) is 6.61 Å². The lowest BCUT2D eigenvalue weighted by atomic mass is 10.2. The Hall–Kier alpha value is -3.75. The first kappa shape index (κ1) is 17.4. The molecule has 4 aromatic rings. The van der Waals surface area contributed by atoms with Gasteiger partial charge in [-0.25, -0.2) is 4.98 Å². The van der Waals surface area contributed by atoms with E-state index in [0.717, 1.165) is 30.8 Å². The summed E-state index contributed by atoms with van der Waals surface area (Å²) in [6.07, 6.45) is 6.97. The van der Waals surface area contributed by atoms with E-state index in [0.29, 0.717) is 23.2 Å². The summed E-state index contributed by atoms with van der Waals surface area (Å²) >= 11 is 0. The lowest BCUT2D eigenvalue weighted by Gasteiger charge is -2.26. The zero-order chi connectivity index (χ0) is 19.6. The van der Waals surface area contributed by atoms with E-state index < -0.39 is 0 Å². The molecule has 0 amide bonds. The molecule has 0 saturated carbocycles. The van der Waals surface area contributed by atoms with Crippen LogP contribution in [0.15, 0.2) is 54.9 Å². The molecule has 0 spiro atoms. The van der Waals surface area contributed by atoms with E-state index in [4.69, 9.17) is 9.84 Å². The highest BCUT2D eigenvalue weighted by Gasteiger charge is 2.20. The van der Waals surface area contributed by atoms with Crippen molar-refractivity contribution in [1.29, 1.82) is 0 Å². The summed E-state index contributed by atoms with van der Waals surface area (Å²) in [5, 5.41) is 17.7. The van der Waals surface area contributed by atoms with Gasteiger partial charge >= 0.3 is 0 Å². The largest absolute Gasteiger partial charge is 0.467 e. The van der Waals surface area contributed by atoms with Crippen LogP contribution in [0.3, 0.4) is 0 Å². The third-order valence-electron chi connectivity index (χ3n) is 4.76. The average Bonchev–Trinajstić information content (AvgIpc) is 3.38. The molecule has 3 aromatic heterocycles. The van der Waals surface area contributed by atoms with Crippen LogP contribution in [-0.2, 0) is 13.7 Å². The average molecular weight is 388 g/mol. The molecule has 1 aliphatic heterocycles. The molecule has 29 heavy (non-hydrogen) atoms. The number of ether oxygens (including phenoxy) is 1. The minimum Gasteiger partial charge on any atom is -0.467 e. The fourth-order valence-corrected chi connectivity index (χ4v) is 3.35. The summed E-state index contributed by atoms with van der Waals surface area (Å²) in [6, 6.07) is 11.9.